The molecule has 2 aromatic rings. The van der Waals surface area contributed by atoms with Crippen LogP contribution in [-0.2, 0) is 14.8 Å². The van der Waals surface area contributed by atoms with Gasteiger partial charge in [-0.3, -0.25) is 9.52 Å². The lowest BCUT2D eigenvalue weighted by Gasteiger charge is -2.13. The molecule has 142 valence electrons. The van der Waals surface area contributed by atoms with Crippen LogP contribution in [0.15, 0.2) is 53.4 Å². The number of carbonyl (C=O) groups excluding carboxylic acids is 2. The Morgan fingerprint density at radius 1 is 1.07 bits per heavy atom. The molecule has 1 saturated carbocycles. The first-order chi connectivity index (χ1) is 12.9. The molecule has 3 rings (SSSR count). The van der Waals surface area contributed by atoms with Crippen LogP contribution in [0, 0.1) is 0 Å². The number of hydrogen-bond donors (Lipinski definition) is 2. The van der Waals surface area contributed by atoms with Gasteiger partial charge in [0.2, 0.25) is 0 Å². The van der Waals surface area contributed by atoms with Crippen LogP contribution in [0.4, 0.5) is 5.69 Å². The number of para-hydroxylation sites is 1. The summed E-state index contributed by atoms with van der Waals surface area (Å²) in [7, 11) is -3.92. The molecule has 1 aliphatic carbocycles. The Morgan fingerprint density at radius 3 is 2.37 bits per heavy atom. The van der Waals surface area contributed by atoms with Crippen molar-refractivity contribution < 1.29 is 22.7 Å². The smallest absolute Gasteiger partial charge is 0.338 e. The van der Waals surface area contributed by atoms with Crippen molar-refractivity contribution in [3.8, 4) is 0 Å². The van der Waals surface area contributed by atoms with Crippen LogP contribution in [0.3, 0.4) is 0 Å². The van der Waals surface area contributed by atoms with Crippen LogP contribution in [0.1, 0.15) is 40.5 Å². The average Bonchev–Trinajstić information content (AvgIpc) is 3.46. The number of anilines is 1. The Labute approximate surface area is 157 Å². The van der Waals surface area contributed by atoms with Gasteiger partial charge in [0, 0.05) is 6.04 Å². The number of benzene rings is 2. The van der Waals surface area contributed by atoms with Gasteiger partial charge in [0.15, 0.2) is 0 Å². The van der Waals surface area contributed by atoms with Crippen molar-refractivity contribution >= 4 is 27.6 Å². The zero-order valence-electron chi connectivity index (χ0n) is 14.8. The van der Waals surface area contributed by atoms with E-state index in [0.717, 1.165) is 12.8 Å². The largest absolute Gasteiger partial charge is 0.462 e. The van der Waals surface area contributed by atoms with Gasteiger partial charge in [-0.15, -0.1) is 0 Å². The summed E-state index contributed by atoms with van der Waals surface area (Å²) in [5, 5.41) is 2.84. The Hall–Kier alpha value is -2.87. The second-order valence-corrected chi connectivity index (χ2v) is 7.83. The minimum atomic E-state index is -3.92. The number of hydrogen-bond acceptors (Lipinski definition) is 5. The van der Waals surface area contributed by atoms with Crippen LogP contribution in [0.5, 0.6) is 0 Å². The molecule has 2 N–H and O–H groups in total. The van der Waals surface area contributed by atoms with Crippen LogP contribution in [-0.4, -0.2) is 32.9 Å². The SMILES string of the molecule is CCOC(=O)c1ccc(S(=O)(=O)Nc2ccccc2C(=O)NC2CC2)cc1. The van der Waals surface area contributed by atoms with E-state index < -0.39 is 16.0 Å². The Balaban J connectivity index is 1.80. The molecule has 0 unspecified atom stereocenters. The molecule has 1 aliphatic rings. The van der Waals surface area contributed by atoms with E-state index in [1.54, 1.807) is 25.1 Å². The number of amides is 1. The molecule has 0 atom stereocenters. The van der Waals surface area contributed by atoms with Crippen molar-refractivity contribution in [2.24, 2.45) is 0 Å². The molecule has 1 amide bonds. The number of nitrogens with one attached hydrogen (secondary N) is 2. The molecule has 0 saturated heterocycles. The fourth-order valence-electron chi connectivity index (χ4n) is 2.45. The third-order valence-corrected chi connectivity index (χ3v) is 5.39. The summed E-state index contributed by atoms with van der Waals surface area (Å²) in [6.45, 7) is 1.93. The van der Waals surface area contributed by atoms with Crippen molar-refractivity contribution in [1.29, 1.82) is 0 Å². The van der Waals surface area contributed by atoms with Crippen molar-refractivity contribution in [2.75, 3.05) is 11.3 Å². The van der Waals surface area contributed by atoms with Crippen LogP contribution < -0.4 is 10.0 Å². The standard InChI is InChI=1S/C19H20N2O5S/c1-2-26-19(23)13-7-11-15(12-8-13)27(24,25)21-17-6-4-3-5-16(17)18(22)20-14-9-10-14/h3-8,11-12,14,21H,2,9-10H2,1H3,(H,20,22). The molecule has 2 aromatic carbocycles. The highest BCUT2D eigenvalue weighted by atomic mass is 32.2. The maximum absolute atomic E-state index is 12.7. The van der Waals surface area contributed by atoms with Gasteiger partial charge in [0.25, 0.3) is 15.9 Å². The molecule has 0 spiro atoms. The number of ether oxygens (including phenoxy) is 1. The third kappa shape index (κ3) is 4.65. The average molecular weight is 388 g/mol. The summed E-state index contributed by atoms with van der Waals surface area (Å²) < 4.78 is 32.6. The fourth-order valence-corrected chi connectivity index (χ4v) is 3.53. The molecule has 1 fully saturated rings. The normalized spacial score (nSPS) is 13.7. The van der Waals surface area contributed by atoms with E-state index >= 15 is 0 Å². The predicted octanol–water partition coefficient (Wildman–Crippen LogP) is 2.56. The molecule has 0 aliphatic heterocycles. The van der Waals surface area contributed by atoms with Crippen molar-refractivity contribution in [1.82, 2.24) is 5.32 Å². The van der Waals surface area contributed by atoms with Crippen molar-refractivity contribution in [3.63, 3.8) is 0 Å². The van der Waals surface area contributed by atoms with Crippen LogP contribution in [0.25, 0.3) is 0 Å². The summed E-state index contributed by atoms with van der Waals surface area (Å²) in [5.41, 5.74) is 0.723. The Morgan fingerprint density at radius 2 is 1.74 bits per heavy atom. The first-order valence-electron chi connectivity index (χ1n) is 8.60. The Bertz CT molecular complexity index is 950. The Kier molecular flexibility index (Phi) is 5.46. The molecular formula is C19H20N2O5S. The van der Waals surface area contributed by atoms with Crippen molar-refractivity contribution in [3.05, 3.63) is 59.7 Å². The summed E-state index contributed by atoms with van der Waals surface area (Å²) in [5.74, 6) is -0.829. The number of esters is 1. The van der Waals surface area contributed by atoms with E-state index in [4.69, 9.17) is 4.74 Å². The summed E-state index contributed by atoms with van der Waals surface area (Å²) >= 11 is 0. The van der Waals surface area contributed by atoms with Crippen LogP contribution >= 0.6 is 0 Å². The molecule has 0 radical (unpaired) electrons. The van der Waals surface area contributed by atoms with Crippen molar-refractivity contribution in [2.45, 2.75) is 30.7 Å². The zero-order valence-corrected chi connectivity index (χ0v) is 15.6. The zero-order chi connectivity index (χ0) is 19.4. The van der Waals surface area contributed by atoms with E-state index in [0.29, 0.717) is 0 Å². The first kappa shape index (κ1) is 18.9. The quantitative estimate of drug-likeness (QED) is 0.710. The summed E-state index contributed by atoms with van der Waals surface area (Å²) in [6.07, 6.45) is 1.87. The van der Waals surface area contributed by atoms with E-state index in [1.807, 2.05) is 0 Å². The molecule has 0 aromatic heterocycles. The minimum absolute atomic E-state index is 0.0204. The van der Waals surface area contributed by atoms with Gasteiger partial charge in [0.1, 0.15) is 0 Å². The second kappa shape index (κ2) is 7.79. The van der Waals surface area contributed by atoms with Gasteiger partial charge in [-0.05, 0) is 56.2 Å². The molecular weight excluding hydrogens is 368 g/mol. The highest BCUT2D eigenvalue weighted by Gasteiger charge is 2.25. The number of rotatable bonds is 7. The topological polar surface area (TPSA) is 102 Å². The van der Waals surface area contributed by atoms with Gasteiger partial charge in [-0.2, -0.15) is 0 Å². The lowest BCUT2D eigenvalue weighted by Crippen LogP contribution is -2.27. The summed E-state index contributed by atoms with van der Waals surface area (Å²) in [4.78, 5) is 24.0. The second-order valence-electron chi connectivity index (χ2n) is 6.14. The van der Waals surface area contributed by atoms with E-state index in [1.165, 1.54) is 30.3 Å². The van der Waals surface area contributed by atoms with Gasteiger partial charge in [-0.25, -0.2) is 13.2 Å². The van der Waals surface area contributed by atoms with Gasteiger partial charge in [-0.1, -0.05) is 12.1 Å². The van der Waals surface area contributed by atoms with E-state index in [-0.39, 0.29) is 40.3 Å². The number of sulfonamides is 1. The maximum atomic E-state index is 12.7. The lowest BCUT2D eigenvalue weighted by atomic mass is 10.1. The molecule has 27 heavy (non-hydrogen) atoms. The molecule has 0 heterocycles. The predicted molar refractivity (Wildman–Crippen MR) is 100 cm³/mol. The van der Waals surface area contributed by atoms with Crippen LogP contribution in [0.2, 0.25) is 0 Å². The molecule has 0 bridgehead atoms. The van der Waals surface area contributed by atoms with Gasteiger partial charge < -0.3 is 10.1 Å². The monoisotopic (exact) mass is 388 g/mol. The summed E-state index contributed by atoms with van der Waals surface area (Å²) in [6, 6.07) is 12.0. The molecule has 7 nitrogen and oxygen atoms in total. The maximum Gasteiger partial charge on any atom is 0.338 e. The minimum Gasteiger partial charge on any atom is -0.462 e. The fraction of sp³-hybridized carbons (Fsp3) is 0.263. The van der Waals surface area contributed by atoms with E-state index in [2.05, 4.69) is 10.0 Å². The number of carbonyl (C=O) groups is 2. The van der Waals surface area contributed by atoms with Gasteiger partial charge >= 0.3 is 5.97 Å². The third-order valence-electron chi connectivity index (χ3n) is 4.00. The first-order valence-corrected chi connectivity index (χ1v) is 10.1. The molecule has 8 heteroatoms. The highest BCUT2D eigenvalue weighted by molar-refractivity contribution is 7.92. The lowest BCUT2D eigenvalue weighted by molar-refractivity contribution is 0.0526. The van der Waals surface area contributed by atoms with E-state index in [9.17, 15) is 18.0 Å². The highest BCUT2D eigenvalue weighted by Crippen LogP contribution is 2.23. The van der Waals surface area contributed by atoms with Gasteiger partial charge in [0.05, 0.1) is 28.3 Å².